The average molecular weight is 345 g/mol. The molecule has 1 fully saturated rings. The topological polar surface area (TPSA) is 29.3 Å². The molecule has 0 radical (unpaired) electrons. The van der Waals surface area contributed by atoms with E-state index in [9.17, 15) is 0 Å². The zero-order valence-electron chi connectivity index (χ0n) is 12.2. The highest BCUT2D eigenvalue weighted by Gasteiger charge is 2.39. The molecular weight excluding hydrogens is 320 g/mol. The summed E-state index contributed by atoms with van der Waals surface area (Å²) in [6, 6.07) is 2.22. The second-order valence-electron chi connectivity index (χ2n) is 6.40. The van der Waals surface area contributed by atoms with Crippen LogP contribution in [0.3, 0.4) is 0 Å². The van der Waals surface area contributed by atoms with E-state index >= 15 is 0 Å². The number of likely N-dealkylation sites (N-methyl/N-ethyl adjacent to an activating group) is 1. The lowest BCUT2D eigenvalue weighted by atomic mass is 9.71. The van der Waals surface area contributed by atoms with Crippen molar-refractivity contribution in [2.75, 3.05) is 13.6 Å². The molecular formula is C15H25BrN2S. The van der Waals surface area contributed by atoms with Crippen LogP contribution >= 0.6 is 27.3 Å². The molecule has 0 amide bonds. The van der Waals surface area contributed by atoms with Gasteiger partial charge in [-0.15, -0.1) is 11.3 Å². The Labute approximate surface area is 129 Å². The molecule has 1 aromatic heterocycles. The molecule has 1 aromatic rings. The van der Waals surface area contributed by atoms with Crippen LogP contribution in [-0.4, -0.2) is 24.0 Å². The SMILES string of the molecule is CC1CC(C)CC(CN)(N(C)Cc2csc(Br)c2)C1. The normalized spacial score (nSPS) is 31.9. The minimum Gasteiger partial charge on any atom is -0.329 e. The molecule has 0 aromatic carbocycles. The molecule has 0 spiro atoms. The highest BCUT2D eigenvalue weighted by molar-refractivity contribution is 9.11. The molecule has 4 heteroatoms. The minimum absolute atomic E-state index is 0.186. The molecule has 0 aliphatic heterocycles. The zero-order valence-corrected chi connectivity index (χ0v) is 14.6. The second kappa shape index (κ2) is 6.25. The molecule has 1 saturated carbocycles. The van der Waals surface area contributed by atoms with Crippen LogP contribution in [0, 0.1) is 11.8 Å². The van der Waals surface area contributed by atoms with Gasteiger partial charge in [-0.2, -0.15) is 0 Å². The van der Waals surface area contributed by atoms with E-state index in [1.807, 2.05) is 0 Å². The molecule has 1 aliphatic rings. The van der Waals surface area contributed by atoms with E-state index in [0.717, 1.165) is 24.9 Å². The molecule has 0 saturated heterocycles. The van der Waals surface area contributed by atoms with Crippen molar-refractivity contribution in [1.82, 2.24) is 4.90 Å². The first-order chi connectivity index (χ1) is 8.95. The van der Waals surface area contributed by atoms with Crippen LogP contribution in [0.1, 0.15) is 38.7 Å². The summed E-state index contributed by atoms with van der Waals surface area (Å²) in [6.07, 6.45) is 3.81. The van der Waals surface area contributed by atoms with Crippen LogP contribution in [0.2, 0.25) is 0 Å². The van der Waals surface area contributed by atoms with E-state index in [0.29, 0.717) is 0 Å². The van der Waals surface area contributed by atoms with E-state index in [-0.39, 0.29) is 5.54 Å². The summed E-state index contributed by atoms with van der Waals surface area (Å²) in [5, 5.41) is 2.24. The van der Waals surface area contributed by atoms with Crippen LogP contribution in [-0.2, 0) is 6.54 Å². The van der Waals surface area contributed by atoms with Gasteiger partial charge in [-0.25, -0.2) is 0 Å². The maximum Gasteiger partial charge on any atom is 0.0701 e. The third kappa shape index (κ3) is 3.60. The molecule has 2 atom stereocenters. The fraction of sp³-hybridized carbons (Fsp3) is 0.733. The highest BCUT2D eigenvalue weighted by Crippen LogP contribution is 2.39. The molecule has 2 rings (SSSR count). The summed E-state index contributed by atoms with van der Waals surface area (Å²) in [4.78, 5) is 2.49. The smallest absolute Gasteiger partial charge is 0.0701 e. The molecule has 2 N–H and O–H groups in total. The lowest BCUT2D eigenvalue weighted by Gasteiger charge is -2.48. The van der Waals surface area contributed by atoms with E-state index in [2.05, 4.69) is 53.2 Å². The molecule has 2 unspecified atom stereocenters. The monoisotopic (exact) mass is 344 g/mol. The largest absolute Gasteiger partial charge is 0.329 e. The Morgan fingerprint density at radius 3 is 2.53 bits per heavy atom. The Kier molecular flexibility index (Phi) is 5.09. The summed E-state index contributed by atoms with van der Waals surface area (Å²) in [6.45, 7) is 6.51. The quantitative estimate of drug-likeness (QED) is 0.890. The number of hydrogen-bond donors (Lipinski definition) is 1. The van der Waals surface area contributed by atoms with Crippen molar-refractivity contribution in [3.63, 3.8) is 0 Å². The van der Waals surface area contributed by atoms with Crippen molar-refractivity contribution in [3.05, 3.63) is 20.8 Å². The lowest BCUT2D eigenvalue weighted by Crippen LogP contribution is -2.55. The Balaban J connectivity index is 2.11. The van der Waals surface area contributed by atoms with Gasteiger partial charge < -0.3 is 5.73 Å². The third-order valence-electron chi connectivity index (χ3n) is 4.49. The van der Waals surface area contributed by atoms with E-state index in [1.54, 1.807) is 11.3 Å². The summed E-state index contributed by atoms with van der Waals surface area (Å²) >= 11 is 5.30. The standard InChI is InChI=1S/C15H25BrN2S/c1-11-4-12(2)7-15(6-11,10-17)18(3)8-13-5-14(16)19-9-13/h5,9,11-12H,4,6-8,10,17H2,1-3H3. The van der Waals surface area contributed by atoms with Gasteiger partial charge in [0.15, 0.2) is 0 Å². The van der Waals surface area contributed by atoms with Gasteiger partial charge in [0.1, 0.15) is 0 Å². The summed E-state index contributed by atoms with van der Waals surface area (Å²) in [5.41, 5.74) is 7.75. The first-order valence-corrected chi connectivity index (χ1v) is 8.76. The number of thiophene rings is 1. The molecule has 2 nitrogen and oxygen atoms in total. The van der Waals surface area contributed by atoms with Crippen LogP contribution < -0.4 is 5.73 Å². The van der Waals surface area contributed by atoms with Gasteiger partial charge in [-0.05, 0) is 71.1 Å². The van der Waals surface area contributed by atoms with Gasteiger partial charge >= 0.3 is 0 Å². The molecule has 1 heterocycles. The molecule has 19 heavy (non-hydrogen) atoms. The van der Waals surface area contributed by atoms with Crippen molar-refractivity contribution in [2.24, 2.45) is 17.6 Å². The van der Waals surface area contributed by atoms with Crippen molar-refractivity contribution >= 4 is 27.3 Å². The molecule has 108 valence electrons. The Bertz CT molecular complexity index is 408. The molecule has 0 bridgehead atoms. The van der Waals surface area contributed by atoms with Crippen molar-refractivity contribution in [1.29, 1.82) is 0 Å². The summed E-state index contributed by atoms with van der Waals surface area (Å²) < 4.78 is 1.21. The fourth-order valence-corrected chi connectivity index (χ4v) is 4.94. The number of nitrogens with two attached hydrogens (primary N) is 1. The van der Waals surface area contributed by atoms with Gasteiger partial charge in [-0.3, -0.25) is 4.90 Å². The summed E-state index contributed by atoms with van der Waals surface area (Å²) in [7, 11) is 2.24. The van der Waals surface area contributed by atoms with Gasteiger partial charge in [0.25, 0.3) is 0 Å². The zero-order chi connectivity index (χ0) is 14.0. The van der Waals surface area contributed by atoms with Crippen molar-refractivity contribution in [2.45, 2.75) is 45.2 Å². The second-order valence-corrected chi connectivity index (χ2v) is 8.69. The maximum absolute atomic E-state index is 6.17. The van der Waals surface area contributed by atoms with Crippen molar-refractivity contribution in [3.8, 4) is 0 Å². The third-order valence-corrected chi connectivity index (χ3v) is 6.05. The molecule has 1 aliphatic carbocycles. The predicted molar refractivity (Wildman–Crippen MR) is 87.5 cm³/mol. The van der Waals surface area contributed by atoms with Crippen LogP contribution in [0.15, 0.2) is 15.2 Å². The number of nitrogens with zero attached hydrogens (tertiary/aromatic N) is 1. The first-order valence-electron chi connectivity index (χ1n) is 7.09. The van der Waals surface area contributed by atoms with Gasteiger partial charge in [0.05, 0.1) is 3.79 Å². The van der Waals surface area contributed by atoms with E-state index < -0.39 is 0 Å². The highest BCUT2D eigenvalue weighted by atomic mass is 79.9. The lowest BCUT2D eigenvalue weighted by molar-refractivity contribution is 0.0334. The van der Waals surface area contributed by atoms with Gasteiger partial charge in [0, 0.05) is 18.6 Å². The minimum atomic E-state index is 0.186. The Morgan fingerprint density at radius 1 is 1.42 bits per heavy atom. The maximum atomic E-state index is 6.17. The first kappa shape index (κ1) is 15.5. The Morgan fingerprint density at radius 2 is 2.05 bits per heavy atom. The number of halogens is 1. The van der Waals surface area contributed by atoms with Gasteiger partial charge in [0.2, 0.25) is 0 Å². The predicted octanol–water partition coefficient (Wildman–Crippen LogP) is 4.10. The average Bonchev–Trinajstić information content (AvgIpc) is 2.73. The van der Waals surface area contributed by atoms with Crippen molar-refractivity contribution < 1.29 is 0 Å². The Hall–Kier alpha value is 0.100. The van der Waals surface area contributed by atoms with Crippen LogP contribution in [0.4, 0.5) is 0 Å². The number of rotatable bonds is 4. The number of hydrogen-bond acceptors (Lipinski definition) is 3. The van der Waals surface area contributed by atoms with Crippen LogP contribution in [0.5, 0.6) is 0 Å². The van der Waals surface area contributed by atoms with Crippen LogP contribution in [0.25, 0.3) is 0 Å². The van der Waals surface area contributed by atoms with E-state index in [4.69, 9.17) is 5.73 Å². The van der Waals surface area contributed by atoms with E-state index in [1.165, 1.54) is 28.6 Å². The summed E-state index contributed by atoms with van der Waals surface area (Å²) in [5.74, 6) is 1.56. The van der Waals surface area contributed by atoms with Gasteiger partial charge in [-0.1, -0.05) is 13.8 Å². The fourth-order valence-electron chi connectivity index (χ4n) is 3.74.